The van der Waals surface area contributed by atoms with Crippen molar-refractivity contribution in [1.29, 1.82) is 0 Å². The number of aryl methyl sites for hydroxylation is 1. The van der Waals surface area contributed by atoms with Crippen molar-refractivity contribution < 1.29 is 18.3 Å². The van der Waals surface area contributed by atoms with E-state index in [2.05, 4.69) is 4.72 Å². The lowest BCUT2D eigenvalue weighted by Crippen LogP contribution is -2.33. The van der Waals surface area contributed by atoms with Gasteiger partial charge in [-0.15, -0.1) is 0 Å². The van der Waals surface area contributed by atoms with Crippen LogP contribution in [0.1, 0.15) is 17.2 Å². The number of aliphatic carboxylic acids is 1. The third-order valence-electron chi connectivity index (χ3n) is 2.95. The molecule has 1 atom stereocenters. The van der Waals surface area contributed by atoms with Crippen LogP contribution in [0.5, 0.6) is 0 Å². The van der Waals surface area contributed by atoms with Crippen molar-refractivity contribution in [3.63, 3.8) is 0 Å². The van der Waals surface area contributed by atoms with Gasteiger partial charge in [0.2, 0.25) is 10.0 Å². The Bertz CT molecular complexity index is 741. The highest BCUT2D eigenvalue weighted by Crippen LogP contribution is 2.18. The summed E-state index contributed by atoms with van der Waals surface area (Å²) in [5.74, 6) is -1.25. The Balaban J connectivity index is 2.35. The quantitative estimate of drug-likeness (QED) is 0.886. The molecule has 0 spiro atoms. The van der Waals surface area contributed by atoms with Crippen LogP contribution in [0.15, 0.2) is 59.5 Å². The van der Waals surface area contributed by atoms with Gasteiger partial charge in [-0.25, -0.2) is 8.42 Å². The zero-order chi connectivity index (χ0) is 15.5. The Morgan fingerprint density at radius 1 is 1.10 bits per heavy atom. The summed E-state index contributed by atoms with van der Waals surface area (Å²) in [5, 5.41) is 9.26. The number of nitrogens with one attached hydrogen (secondary N) is 1. The summed E-state index contributed by atoms with van der Waals surface area (Å²) in [6, 6.07) is 13.2. The van der Waals surface area contributed by atoms with Crippen LogP contribution in [0, 0.1) is 6.92 Å². The van der Waals surface area contributed by atoms with Gasteiger partial charge in [0.05, 0.1) is 4.90 Å². The minimum Gasteiger partial charge on any atom is -0.480 e. The molecule has 0 amide bonds. The molecule has 0 aliphatic carbocycles. The summed E-state index contributed by atoms with van der Waals surface area (Å²) in [6.07, 6.45) is 0. The number of hydrogen-bond donors (Lipinski definition) is 2. The van der Waals surface area contributed by atoms with Gasteiger partial charge in [0.15, 0.2) is 0 Å². The van der Waals surface area contributed by atoms with Crippen molar-refractivity contribution >= 4 is 16.0 Å². The molecule has 0 bridgehead atoms. The second-order valence-corrected chi connectivity index (χ2v) is 6.33. The zero-order valence-electron chi connectivity index (χ0n) is 11.4. The highest BCUT2D eigenvalue weighted by atomic mass is 32.2. The van der Waals surface area contributed by atoms with Gasteiger partial charge in [0, 0.05) is 0 Å². The van der Waals surface area contributed by atoms with Crippen molar-refractivity contribution in [2.24, 2.45) is 0 Å². The average Bonchev–Trinajstić information content (AvgIpc) is 2.45. The summed E-state index contributed by atoms with van der Waals surface area (Å²) in [6.45, 7) is 1.77. The molecule has 6 heteroatoms. The lowest BCUT2D eigenvalue weighted by molar-refractivity contribution is -0.139. The number of carbonyl (C=O) groups is 1. The van der Waals surface area contributed by atoms with E-state index in [1.807, 2.05) is 0 Å². The maximum absolute atomic E-state index is 12.3. The molecular weight excluding hydrogens is 290 g/mol. The van der Waals surface area contributed by atoms with Crippen LogP contribution in [-0.2, 0) is 14.8 Å². The van der Waals surface area contributed by atoms with Gasteiger partial charge in [-0.1, -0.05) is 42.5 Å². The second kappa shape index (κ2) is 6.07. The first-order valence-electron chi connectivity index (χ1n) is 6.27. The Morgan fingerprint density at radius 3 is 2.33 bits per heavy atom. The third kappa shape index (κ3) is 3.68. The third-order valence-corrected chi connectivity index (χ3v) is 4.37. The molecule has 0 unspecified atom stereocenters. The van der Waals surface area contributed by atoms with Gasteiger partial charge in [0.25, 0.3) is 0 Å². The van der Waals surface area contributed by atoms with Crippen LogP contribution in [0.4, 0.5) is 0 Å². The Labute approximate surface area is 123 Å². The van der Waals surface area contributed by atoms with E-state index in [1.54, 1.807) is 49.4 Å². The SMILES string of the molecule is Cc1cccc(S(=O)(=O)N[C@H](C(=O)O)c2ccccc2)c1. The molecule has 2 aromatic carbocycles. The summed E-state index contributed by atoms with van der Waals surface area (Å²) in [4.78, 5) is 11.4. The van der Waals surface area contributed by atoms with E-state index >= 15 is 0 Å². The maximum Gasteiger partial charge on any atom is 0.326 e. The molecule has 2 aromatic rings. The highest BCUT2D eigenvalue weighted by molar-refractivity contribution is 7.89. The lowest BCUT2D eigenvalue weighted by atomic mass is 10.1. The van der Waals surface area contributed by atoms with Gasteiger partial charge in [0.1, 0.15) is 6.04 Å². The van der Waals surface area contributed by atoms with Crippen LogP contribution in [-0.4, -0.2) is 19.5 Å². The van der Waals surface area contributed by atoms with Gasteiger partial charge in [-0.3, -0.25) is 4.79 Å². The molecule has 0 heterocycles. The van der Waals surface area contributed by atoms with Gasteiger partial charge < -0.3 is 5.11 Å². The Hall–Kier alpha value is -2.18. The van der Waals surface area contributed by atoms with Crippen molar-refractivity contribution in [2.75, 3.05) is 0 Å². The second-order valence-electron chi connectivity index (χ2n) is 4.62. The van der Waals surface area contributed by atoms with E-state index in [4.69, 9.17) is 0 Å². The smallest absolute Gasteiger partial charge is 0.326 e. The van der Waals surface area contributed by atoms with E-state index in [-0.39, 0.29) is 4.90 Å². The molecule has 110 valence electrons. The number of hydrogen-bond acceptors (Lipinski definition) is 3. The first kappa shape index (κ1) is 15.2. The molecule has 0 aliphatic rings. The first-order valence-corrected chi connectivity index (χ1v) is 7.75. The molecule has 0 fully saturated rings. The normalized spacial score (nSPS) is 12.8. The topological polar surface area (TPSA) is 83.5 Å². The zero-order valence-corrected chi connectivity index (χ0v) is 12.2. The minimum absolute atomic E-state index is 0.0460. The fourth-order valence-corrected chi connectivity index (χ4v) is 3.19. The fourth-order valence-electron chi connectivity index (χ4n) is 1.91. The van der Waals surface area contributed by atoms with Gasteiger partial charge in [-0.2, -0.15) is 4.72 Å². The highest BCUT2D eigenvalue weighted by Gasteiger charge is 2.26. The van der Waals surface area contributed by atoms with Crippen molar-refractivity contribution in [1.82, 2.24) is 4.72 Å². The van der Waals surface area contributed by atoms with E-state index in [9.17, 15) is 18.3 Å². The maximum atomic E-state index is 12.3. The molecule has 2 rings (SSSR count). The van der Waals surface area contributed by atoms with Crippen LogP contribution >= 0.6 is 0 Å². The molecule has 0 saturated carbocycles. The van der Waals surface area contributed by atoms with Crippen molar-refractivity contribution in [2.45, 2.75) is 17.9 Å². The Morgan fingerprint density at radius 2 is 1.76 bits per heavy atom. The predicted molar refractivity (Wildman–Crippen MR) is 78.3 cm³/mol. The molecule has 0 aromatic heterocycles. The van der Waals surface area contributed by atoms with E-state index in [0.29, 0.717) is 5.56 Å². The summed E-state index contributed by atoms with van der Waals surface area (Å²) >= 11 is 0. The van der Waals surface area contributed by atoms with E-state index in [1.165, 1.54) is 12.1 Å². The minimum atomic E-state index is -3.91. The fraction of sp³-hybridized carbons (Fsp3) is 0.133. The predicted octanol–water partition coefficient (Wildman–Crippen LogP) is 2.10. The summed E-state index contributed by atoms with van der Waals surface area (Å²) in [5.41, 5.74) is 1.16. The molecule has 0 aliphatic heterocycles. The van der Waals surface area contributed by atoms with Crippen LogP contribution < -0.4 is 4.72 Å². The number of rotatable bonds is 5. The first-order chi connectivity index (χ1) is 9.90. The molecule has 5 nitrogen and oxygen atoms in total. The number of carboxylic acids is 1. The van der Waals surface area contributed by atoms with Crippen molar-refractivity contribution in [3.05, 3.63) is 65.7 Å². The van der Waals surface area contributed by atoms with Crippen LogP contribution in [0.3, 0.4) is 0 Å². The van der Waals surface area contributed by atoms with Crippen LogP contribution in [0.25, 0.3) is 0 Å². The van der Waals surface area contributed by atoms with E-state index in [0.717, 1.165) is 5.56 Å². The molecule has 2 N–H and O–H groups in total. The Kier molecular flexibility index (Phi) is 4.40. The van der Waals surface area contributed by atoms with Crippen LogP contribution in [0.2, 0.25) is 0 Å². The number of sulfonamides is 1. The van der Waals surface area contributed by atoms with Gasteiger partial charge >= 0.3 is 5.97 Å². The summed E-state index contributed by atoms with van der Waals surface area (Å²) < 4.78 is 26.8. The molecule has 21 heavy (non-hydrogen) atoms. The standard InChI is InChI=1S/C15H15NO4S/c1-11-6-5-9-13(10-11)21(19,20)16-14(15(17)18)12-7-3-2-4-8-12/h2-10,14,16H,1H3,(H,17,18)/t14-/m0/s1. The summed E-state index contributed by atoms with van der Waals surface area (Å²) in [7, 11) is -3.91. The lowest BCUT2D eigenvalue weighted by Gasteiger charge is -2.15. The van der Waals surface area contributed by atoms with Crippen molar-refractivity contribution in [3.8, 4) is 0 Å². The monoisotopic (exact) mass is 305 g/mol. The average molecular weight is 305 g/mol. The number of benzene rings is 2. The number of carboxylic acid groups (broad SMARTS) is 1. The molecule has 0 saturated heterocycles. The molecular formula is C15H15NO4S. The van der Waals surface area contributed by atoms with E-state index < -0.39 is 22.0 Å². The largest absolute Gasteiger partial charge is 0.480 e. The molecule has 0 radical (unpaired) electrons. The van der Waals surface area contributed by atoms with Gasteiger partial charge in [-0.05, 0) is 30.2 Å².